The quantitative estimate of drug-likeness (QED) is 0.713. The van der Waals surface area contributed by atoms with Crippen LogP contribution in [0.25, 0.3) is 5.65 Å². The Morgan fingerprint density at radius 1 is 1.24 bits per heavy atom. The number of pyridine rings is 1. The van der Waals surface area contributed by atoms with Gasteiger partial charge in [0.2, 0.25) is 0 Å². The van der Waals surface area contributed by atoms with E-state index < -0.39 is 0 Å². The zero-order valence-corrected chi connectivity index (χ0v) is 11.6. The molecule has 2 heterocycles. The monoisotopic (exact) mass is 281 g/mol. The van der Waals surface area contributed by atoms with Crippen LogP contribution in [0.2, 0.25) is 0 Å². The first kappa shape index (κ1) is 13.1. The molecule has 106 valence electrons. The molecule has 0 bridgehead atoms. The van der Waals surface area contributed by atoms with Gasteiger partial charge in [0.15, 0.2) is 11.5 Å². The number of amides is 1. The molecule has 0 atom stereocenters. The topological polar surface area (TPSA) is 85.3 Å². The van der Waals surface area contributed by atoms with Crippen molar-refractivity contribution in [3.8, 4) is 0 Å². The second-order valence-electron chi connectivity index (χ2n) is 4.75. The highest BCUT2D eigenvalue weighted by Gasteiger charge is 2.12. The Bertz CT molecular complexity index is 809. The van der Waals surface area contributed by atoms with Crippen LogP contribution in [-0.2, 0) is 6.54 Å². The first-order chi connectivity index (χ1) is 10.2. The average molecular weight is 281 g/mol. The van der Waals surface area contributed by atoms with Crippen LogP contribution in [0.4, 0.5) is 5.69 Å². The number of carbonyl (C=O) groups excluding carboxylic acids is 1. The number of nitrogens with two attached hydrogens (primary N) is 1. The van der Waals surface area contributed by atoms with Crippen LogP contribution < -0.4 is 11.1 Å². The Labute approximate surface area is 121 Å². The van der Waals surface area contributed by atoms with Gasteiger partial charge in [0.05, 0.1) is 6.54 Å². The molecule has 6 nitrogen and oxygen atoms in total. The molecule has 0 spiro atoms. The van der Waals surface area contributed by atoms with Gasteiger partial charge < -0.3 is 11.1 Å². The third kappa shape index (κ3) is 2.43. The molecular formula is C15H15N5O. The largest absolute Gasteiger partial charge is 0.398 e. The lowest BCUT2D eigenvalue weighted by atomic mass is 10.1. The Kier molecular flexibility index (Phi) is 3.27. The summed E-state index contributed by atoms with van der Waals surface area (Å²) >= 11 is 0. The Hall–Kier alpha value is -2.89. The van der Waals surface area contributed by atoms with E-state index in [2.05, 4.69) is 15.5 Å². The lowest BCUT2D eigenvalue weighted by Gasteiger charge is -2.08. The summed E-state index contributed by atoms with van der Waals surface area (Å²) in [7, 11) is 0. The van der Waals surface area contributed by atoms with Crippen LogP contribution >= 0.6 is 0 Å². The lowest BCUT2D eigenvalue weighted by molar-refractivity contribution is 0.0949. The van der Waals surface area contributed by atoms with Crippen molar-refractivity contribution in [3.05, 3.63) is 59.5 Å². The van der Waals surface area contributed by atoms with Crippen LogP contribution in [0.3, 0.4) is 0 Å². The molecule has 6 heteroatoms. The second-order valence-corrected chi connectivity index (χ2v) is 4.75. The summed E-state index contributed by atoms with van der Waals surface area (Å²) in [5.41, 5.74) is 8.53. The molecule has 0 saturated carbocycles. The van der Waals surface area contributed by atoms with E-state index in [-0.39, 0.29) is 5.91 Å². The van der Waals surface area contributed by atoms with E-state index in [1.54, 1.807) is 18.2 Å². The Morgan fingerprint density at radius 3 is 2.95 bits per heavy atom. The minimum atomic E-state index is -0.174. The molecule has 3 N–H and O–H groups in total. The summed E-state index contributed by atoms with van der Waals surface area (Å²) in [4.78, 5) is 12.2. The molecule has 0 aliphatic rings. The lowest BCUT2D eigenvalue weighted by Crippen LogP contribution is -2.25. The van der Waals surface area contributed by atoms with Gasteiger partial charge in [-0.15, -0.1) is 10.2 Å². The maximum Gasteiger partial charge on any atom is 0.252 e. The maximum absolute atomic E-state index is 12.2. The van der Waals surface area contributed by atoms with Crippen LogP contribution in [-0.4, -0.2) is 20.5 Å². The third-order valence-corrected chi connectivity index (χ3v) is 3.41. The zero-order valence-electron chi connectivity index (χ0n) is 11.6. The predicted molar refractivity (Wildman–Crippen MR) is 79.7 cm³/mol. The average Bonchev–Trinajstić information content (AvgIpc) is 2.91. The van der Waals surface area contributed by atoms with Gasteiger partial charge in [-0.25, -0.2) is 0 Å². The van der Waals surface area contributed by atoms with Crippen molar-refractivity contribution in [2.24, 2.45) is 0 Å². The van der Waals surface area contributed by atoms with E-state index in [0.717, 1.165) is 11.2 Å². The fourth-order valence-corrected chi connectivity index (χ4v) is 2.17. The van der Waals surface area contributed by atoms with Gasteiger partial charge in [-0.1, -0.05) is 12.1 Å². The molecule has 0 unspecified atom stereocenters. The van der Waals surface area contributed by atoms with Crippen molar-refractivity contribution in [2.45, 2.75) is 13.5 Å². The summed E-state index contributed by atoms with van der Waals surface area (Å²) in [5.74, 6) is 0.507. The smallest absolute Gasteiger partial charge is 0.252 e. The number of aromatic nitrogens is 3. The Morgan fingerprint density at radius 2 is 2.10 bits per heavy atom. The molecule has 0 fully saturated rings. The van der Waals surface area contributed by atoms with Crippen molar-refractivity contribution in [1.29, 1.82) is 0 Å². The van der Waals surface area contributed by atoms with E-state index in [9.17, 15) is 4.79 Å². The molecule has 0 saturated heterocycles. The highest BCUT2D eigenvalue weighted by molar-refractivity contribution is 5.96. The molecular weight excluding hydrogens is 266 g/mol. The van der Waals surface area contributed by atoms with Crippen molar-refractivity contribution < 1.29 is 4.79 Å². The minimum absolute atomic E-state index is 0.174. The van der Waals surface area contributed by atoms with E-state index >= 15 is 0 Å². The summed E-state index contributed by atoms with van der Waals surface area (Å²) < 4.78 is 1.84. The van der Waals surface area contributed by atoms with Gasteiger partial charge in [-0.05, 0) is 36.8 Å². The van der Waals surface area contributed by atoms with Crippen LogP contribution in [0.5, 0.6) is 0 Å². The molecule has 0 radical (unpaired) electrons. The molecule has 0 aliphatic heterocycles. The fourth-order valence-electron chi connectivity index (χ4n) is 2.17. The van der Waals surface area contributed by atoms with Crippen LogP contribution in [0.1, 0.15) is 21.7 Å². The zero-order chi connectivity index (χ0) is 14.8. The second kappa shape index (κ2) is 5.24. The van der Waals surface area contributed by atoms with Gasteiger partial charge in [0.25, 0.3) is 5.91 Å². The fraction of sp³-hybridized carbons (Fsp3) is 0.133. The molecule has 2 aromatic heterocycles. The third-order valence-electron chi connectivity index (χ3n) is 3.41. The molecule has 0 aliphatic carbocycles. The van der Waals surface area contributed by atoms with E-state index in [0.29, 0.717) is 23.6 Å². The number of benzene rings is 1. The number of hydrogen-bond acceptors (Lipinski definition) is 4. The summed E-state index contributed by atoms with van der Waals surface area (Å²) in [5, 5.41) is 11.0. The van der Waals surface area contributed by atoms with Crippen molar-refractivity contribution >= 4 is 17.2 Å². The number of hydrogen-bond donors (Lipinski definition) is 2. The molecule has 3 aromatic rings. The first-order valence-electron chi connectivity index (χ1n) is 6.59. The van der Waals surface area contributed by atoms with Gasteiger partial charge in [0.1, 0.15) is 0 Å². The molecule has 3 rings (SSSR count). The standard InChI is InChI=1S/C15H15N5O/c1-10-11(5-4-6-12(10)16)15(21)17-9-14-19-18-13-7-2-3-8-20(13)14/h2-8H,9,16H2,1H3,(H,17,21). The number of nitrogens with zero attached hydrogens (tertiary/aromatic N) is 3. The van der Waals surface area contributed by atoms with E-state index in [1.165, 1.54) is 0 Å². The van der Waals surface area contributed by atoms with Crippen LogP contribution in [0.15, 0.2) is 42.6 Å². The number of fused-ring (bicyclic) bond motifs is 1. The molecule has 1 aromatic carbocycles. The Balaban J connectivity index is 1.78. The van der Waals surface area contributed by atoms with Crippen molar-refractivity contribution in [1.82, 2.24) is 19.9 Å². The number of carbonyl (C=O) groups is 1. The van der Waals surface area contributed by atoms with Gasteiger partial charge in [0, 0.05) is 17.4 Å². The van der Waals surface area contributed by atoms with Gasteiger partial charge >= 0.3 is 0 Å². The number of nitrogen functional groups attached to an aromatic ring is 1. The van der Waals surface area contributed by atoms with E-state index in [1.807, 2.05) is 35.7 Å². The van der Waals surface area contributed by atoms with Gasteiger partial charge in [-0.2, -0.15) is 0 Å². The summed E-state index contributed by atoms with van der Waals surface area (Å²) in [6.45, 7) is 2.13. The molecule has 21 heavy (non-hydrogen) atoms. The number of anilines is 1. The van der Waals surface area contributed by atoms with Crippen molar-refractivity contribution in [2.75, 3.05) is 5.73 Å². The normalized spacial score (nSPS) is 10.7. The summed E-state index contributed by atoms with van der Waals surface area (Å²) in [6.07, 6.45) is 1.86. The number of rotatable bonds is 3. The maximum atomic E-state index is 12.2. The number of nitrogens with one attached hydrogen (secondary N) is 1. The first-order valence-corrected chi connectivity index (χ1v) is 6.59. The minimum Gasteiger partial charge on any atom is -0.398 e. The highest BCUT2D eigenvalue weighted by Crippen LogP contribution is 2.15. The predicted octanol–water partition coefficient (Wildman–Crippen LogP) is 1.55. The van der Waals surface area contributed by atoms with E-state index in [4.69, 9.17) is 5.73 Å². The van der Waals surface area contributed by atoms with Crippen LogP contribution in [0, 0.1) is 6.92 Å². The van der Waals surface area contributed by atoms with Gasteiger partial charge in [-0.3, -0.25) is 9.20 Å². The summed E-state index contributed by atoms with van der Waals surface area (Å²) in [6, 6.07) is 10.9. The molecule has 1 amide bonds. The van der Waals surface area contributed by atoms with Crippen molar-refractivity contribution in [3.63, 3.8) is 0 Å². The highest BCUT2D eigenvalue weighted by atomic mass is 16.1. The SMILES string of the molecule is Cc1c(N)cccc1C(=O)NCc1nnc2ccccn12.